The molecule has 6 nitrogen and oxygen atoms in total. The Hall–Kier alpha value is -2.31. The van der Waals surface area contributed by atoms with Gasteiger partial charge in [-0.2, -0.15) is 0 Å². The number of carbonyl (C=O) groups is 2. The van der Waals surface area contributed by atoms with Gasteiger partial charge in [-0.3, -0.25) is 9.59 Å². The van der Waals surface area contributed by atoms with Crippen LogP contribution >= 0.6 is 23.2 Å². The van der Waals surface area contributed by atoms with Crippen molar-refractivity contribution in [1.82, 2.24) is 15.2 Å². The largest absolute Gasteiger partial charge is 0.474 e. The highest BCUT2D eigenvalue weighted by molar-refractivity contribution is 6.42. The van der Waals surface area contributed by atoms with Crippen molar-refractivity contribution < 1.29 is 14.3 Å². The fourth-order valence-corrected chi connectivity index (χ4v) is 4.64. The van der Waals surface area contributed by atoms with Crippen LogP contribution in [0.1, 0.15) is 54.4 Å². The maximum Gasteiger partial charge on any atom is 0.253 e. The van der Waals surface area contributed by atoms with Crippen LogP contribution < -0.4 is 10.1 Å². The number of pyridine rings is 1. The van der Waals surface area contributed by atoms with E-state index in [1.807, 2.05) is 12.1 Å². The van der Waals surface area contributed by atoms with Gasteiger partial charge in [0.05, 0.1) is 16.0 Å². The molecule has 1 aromatic heterocycles. The summed E-state index contributed by atoms with van der Waals surface area (Å²) in [6.07, 6.45) is 7.90. The van der Waals surface area contributed by atoms with Gasteiger partial charge in [-0.15, -0.1) is 0 Å². The van der Waals surface area contributed by atoms with Crippen LogP contribution in [-0.4, -0.2) is 40.9 Å². The quantitative estimate of drug-likeness (QED) is 0.645. The minimum Gasteiger partial charge on any atom is -0.474 e. The van der Waals surface area contributed by atoms with Gasteiger partial charge in [0.2, 0.25) is 11.8 Å². The Balaban J connectivity index is 1.35. The van der Waals surface area contributed by atoms with Gasteiger partial charge in [-0.05, 0) is 62.8 Å². The molecule has 8 heteroatoms. The van der Waals surface area contributed by atoms with E-state index in [4.69, 9.17) is 27.9 Å². The Morgan fingerprint density at radius 1 is 1.09 bits per heavy atom. The van der Waals surface area contributed by atoms with E-state index in [1.54, 1.807) is 29.3 Å². The van der Waals surface area contributed by atoms with Gasteiger partial charge in [0.1, 0.15) is 6.10 Å². The van der Waals surface area contributed by atoms with Crippen molar-refractivity contribution in [3.63, 3.8) is 0 Å². The molecule has 1 N–H and O–H groups in total. The molecule has 1 atom stereocenters. The number of amides is 2. The minimum atomic E-state index is -0.258. The van der Waals surface area contributed by atoms with Crippen LogP contribution in [0.25, 0.3) is 0 Å². The van der Waals surface area contributed by atoms with Crippen molar-refractivity contribution in [2.24, 2.45) is 5.92 Å². The standard InChI is InChI=1S/C24H27Cl2N3O3/c25-20-10-9-16(13-21(20)26)24(31)29-12-4-6-18(15-29)22(30)28-14-17-5-3-11-27-23(17)32-19-7-1-2-8-19/h3,5,9-11,13,18-19H,1-2,4,6-8,12,14-15H2,(H,28,30). The lowest BCUT2D eigenvalue weighted by Crippen LogP contribution is -2.45. The smallest absolute Gasteiger partial charge is 0.253 e. The summed E-state index contributed by atoms with van der Waals surface area (Å²) in [6.45, 7) is 1.35. The Kier molecular flexibility index (Phi) is 7.53. The zero-order valence-corrected chi connectivity index (χ0v) is 19.4. The first kappa shape index (κ1) is 22.9. The van der Waals surface area contributed by atoms with Crippen molar-refractivity contribution in [2.75, 3.05) is 13.1 Å². The Bertz CT molecular complexity index is 979. The van der Waals surface area contributed by atoms with Gasteiger partial charge in [-0.1, -0.05) is 29.3 Å². The van der Waals surface area contributed by atoms with Gasteiger partial charge in [0, 0.05) is 37.0 Å². The third kappa shape index (κ3) is 5.54. The van der Waals surface area contributed by atoms with Crippen LogP contribution in [0.2, 0.25) is 10.0 Å². The Morgan fingerprint density at radius 2 is 1.91 bits per heavy atom. The SMILES string of the molecule is O=C(NCc1cccnc1OC1CCCC1)C1CCCN(C(=O)c2ccc(Cl)c(Cl)c2)C1. The summed E-state index contributed by atoms with van der Waals surface area (Å²) in [4.78, 5) is 31.9. The fraction of sp³-hybridized carbons (Fsp3) is 0.458. The average Bonchev–Trinajstić information content (AvgIpc) is 3.33. The summed E-state index contributed by atoms with van der Waals surface area (Å²) in [6, 6.07) is 8.63. The summed E-state index contributed by atoms with van der Waals surface area (Å²) >= 11 is 12.0. The predicted octanol–water partition coefficient (Wildman–Crippen LogP) is 4.88. The van der Waals surface area contributed by atoms with Gasteiger partial charge < -0.3 is 15.0 Å². The van der Waals surface area contributed by atoms with E-state index in [9.17, 15) is 9.59 Å². The number of aromatic nitrogens is 1. The van der Waals surface area contributed by atoms with Crippen molar-refractivity contribution in [2.45, 2.75) is 51.2 Å². The molecule has 1 aliphatic heterocycles. The second kappa shape index (κ2) is 10.5. The molecule has 1 aromatic carbocycles. The summed E-state index contributed by atoms with van der Waals surface area (Å²) in [5.41, 5.74) is 1.34. The van der Waals surface area contributed by atoms with Gasteiger partial charge in [0.15, 0.2) is 0 Å². The number of nitrogens with zero attached hydrogens (tertiary/aromatic N) is 2. The fourth-order valence-electron chi connectivity index (χ4n) is 4.34. The van der Waals surface area contributed by atoms with E-state index in [-0.39, 0.29) is 23.8 Å². The summed E-state index contributed by atoms with van der Waals surface area (Å²) in [7, 11) is 0. The van der Waals surface area contributed by atoms with Crippen LogP contribution in [0, 0.1) is 5.92 Å². The molecular weight excluding hydrogens is 449 g/mol. The molecule has 0 radical (unpaired) electrons. The lowest BCUT2D eigenvalue weighted by Gasteiger charge is -2.32. The second-order valence-corrected chi connectivity index (χ2v) is 9.24. The molecule has 170 valence electrons. The molecule has 0 bridgehead atoms. The molecule has 1 saturated heterocycles. The lowest BCUT2D eigenvalue weighted by molar-refractivity contribution is -0.126. The molecule has 1 aliphatic carbocycles. The highest BCUT2D eigenvalue weighted by Gasteiger charge is 2.29. The molecule has 1 saturated carbocycles. The van der Waals surface area contributed by atoms with E-state index < -0.39 is 0 Å². The van der Waals surface area contributed by atoms with Crippen LogP contribution in [0.15, 0.2) is 36.5 Å². The number of carbonyl (C=O) groups excluding carboxylic acids is 2. The van der Waals surface area contributed by atoms with E-state index in [1.165, 1.54) is 12.8 Å². The highest BCUT2D eigenvalue weighted by atomic mass is 35.5. The normalized spacial score (nSPS) is 19.1. The lowest BCUT2D eigenvalue weighted by atomic mass is 9.96. The Labute approximate surface area is 198 Å². The molecule has 32 heavy (non-hydrogen) atoms. The maximum absolute atomic E-state index is 12.9. The monoisotopic (exact) mass is 475 g/mol. The second-order valence-electron chi connectivity index (χ2n) is 8.43. The van der Waals surface area contributed by atoms with E-state index in [0.29, 0.717) is 41.1 Å². The zero-order valence-electron chi connectivity index (χ0n) is 17.9. The van der Waals surface area contributed by atoms with Gasteiger partial charge in [0.25, 0.3) is 5.91 Å². The predicted molar refractivity (Wildman–Crippen MR) is 124 cm³/mol. The molecule has 1 unspecified atom stereocenters. The number of nitrogens with one attached hydrogen (secondary N) is 1. The van der Waals surface area contributed by atoms with Crippen LogP contribution in [0.5, 0.6) is 5.88 Å². The van der Waals surface area contributed by atoms with E-state index in [2.05, 4.69) is 10.3 Å². The first-order chi connectivity index (χ1) is 15.5. The number of piperidine rings is 1. The van der Waals surface area contributed by atoms with Crippen LogP contribution in [0.3, 0.4) is 0 Å². The number of rotatable bonds is 6. The number of likely N-dealkylation sites (tertiary alicyclic amines) is 1. The molecule has 2 heterocycles. The molecule has 0 spiro atoms. The Morgan fingerprint density at radius 3 is 2.69 bits per heavy atom. The number of hydrogen-bond donors (Lipinski definition) is 1. The third-order valence-electron chi connectivity index (χ3n) is 6.13. The van der Waals surface area contributed by atoms with Crippen LogP contribution in [0.4, 0.5) is 0 Å². The topological polar surface area (TPSA) is 71.5 Å². The number of halogens is 2. The minimum absolute atomic E-state index is 0.0627. The molecular formula is C24H27Cl2N3O3. The first-order valence-electron chi connectivity index (χ1n) is 11.1. The third-order valence-corrected chi connectivity index (χ3v) is 6.87. The molecule has 2 fully saturated rings. The average molecular weight is 476 g/mol. The number of ether oxygens (including phenoxy) is 1. The molecule has 2 amide bonds. The maximum atomic E-state index is 12.9. The zero-order chi connectivity index (χ0) is 22.5. The van der Waals surface area contributed by atoms with Crippen molar-refractivity contribution in [3.05, 3.63) is 57.7 Å². The molecule has 2 aliphatic rings. The number of hydrogen-bond acceptors (Lipinski definition) is 4. The van der Waals surface area contributed by atoms with Gasteiger partial charge >= 0.3 is 0 Å². The summed E-state index contributed by atoms with van der Waals surface area (Å²) < 4.78 is 6.06. The number of benzene rings is 1. The molecule has 2 aromatic rings. The van der Waals surface area contributed by atoms with Crippen molar-refractivity contribution in [1.29, 1.82) is 0 Å². The van der Waals surface area contributed by atoms with E-state index >= 15 is 0 Å². The first-order valence-corrected chi connectivity index (χ1v) is 11.9. The summed E-state index contributed by atoms with van der Waals surface area (Å²) in [5, 5.41) is 3.77. The van der Waals surface area contributed by atoms with Crippen molar-refractivity contribution in [3.8, 4) is 5.88 Å². The van der Waals surface area contributed by atoms with Crippen LogP contribution in [-0.2, 0) is 11.3 Å². The summed E-state index contributed by atoms with van der Waals surface area (Å²) in [5.74, 6) is 0.138. The molecule has 4 rings (SSSR count). The highest BCUT2D eigenvalue weighted by Crippen LogP contribution is 2.26. The van der Waals surface area contributed by atoms with Crippen molar-refractivity contribution >= 4 is 35.0 Å². The van der Waals surface area contributed by atoms with Gasteiger partial charge in [-0.25, -0.2) is 4.98 Å². The van der Waals surface area contributed by atoms with E-state index in [0.717, 1.165) is 31.2 Å².